The van der Waals surface area contributed by atoms with Crippen LogP contribution in [0.25, 0.3) is 10.2 Å². The summed E-state index contributed by atoms with van der Waals surface area (Å²) in [6, 6.07) is 12.4. The van der Waals surface area contributed by atoms with Crippen molar-refractivity contribution in [3.8, 4) is 0 Å². The molecule has 3 aromatic rings. The van der Waals surface area contributed by atoms with Crippen molar-refractivity contribution >= 4 is 48.5 Å². The number of benzene rings is 2. The number of fused-ring (bicyclic) bond motifs is 1. The predicted molar refractivity (Wildman–Crippen MR) is 120 cm³/mol. The fourth-order valence-corrected chi connectivity index (χ4v) is 5.46. The van der Waals surface area contributed by atoms with Gasteiger partial charge in [-0.25, -0.2) is 4.98 Å². The summed E-state index contributed by atoms with van der Waals surface area (Å²) in [6.07, 6.45) is 1.95. The summed E-state index contributed by atoms with van der Waals surface area (Å²) in [4.78, 5) is 19.9. The van der Waals surface area contributed by atoms with Gasteiger partial charge in [0.15, 0.2) is 5.13 Å². The van der Waals surface area contributed by atoms with Crippen LogP contribution in [-0.4, -0.2) is 24.0 Å². The molecule has 4 nitrogen and oxygen atoms in total. The number of amides is 1. The number of thiazole rings is 1. The topological polar surface area (TPSA) is 45.2 Å². The Morgan fingerprint density at radius 3 is 3.00 bits per heavy atom. The van der Waals surface area contributed by atoms with Crippen LogP contribution in [0.5, 0.6) is 0 Å². The van der Waals surface area contributed by atoms with Gasteiger partial charge in [-0.15, -0.1) is 0 Å². The number of anilines is 1. The molecule has 1 amide bonds. The van der Waals surface area contributed by atoms with Gasteiger partial charge < -0.3 is 10.2 Å². The lowest BCUT2D eigenvalue weighted by atomic mass is 9.97. The highest BCUT2D eigenvalue weighted by Crippen LogP contribution is 2.33. The number of aromatic nitrogens is 1. The number of piperidine rings is 1. The van der Waals surface area contributed by atoms with E-state index in [0.29, 0.717) is 6.54 Å². The van der Waals surface area contributed by atoms with E-state index in [1.807, 2.05) is 24.3 Å². The van der Waals surface area contributed by atoms with E-state index in [0.717, 1.165) is 46.6 Å². The molecule has 1 aliphatic rings. The molecule has 0 aliphatic carbocycles. The zero-order chi connectivity index (χ0) is 19.7. The van der Waals surface area contributed by atoms with Gasteiger partial charge >= 0.3 is 0 Å². The maximum atomic E-state index is 12.7. The van der Waals surface area contributed by atoms with Gasteiger partial charge in [0.1, 0.15) is 0 Å². The largest absolute Gasteiger partial charge is 0.352 e. The van der Waals surface area contributed by atoms with E-state index in [-0.39, 0.29) is 11.8 Å². The lowest BCUT2D eigenvalue weighted by Gasteiger charge is -2.31. The zero-order valence-electron chi connectivity index (χ0n) is 16.2. The van der Waals surface area contributed by atoms with E-state index in [4.69, 9.17) is 4.98 Å². The molecule has 4 rings (SSSR count). The Balaban J connectivity index is 1.44. The van der Waals surface area contributed by atoms with Crippen molar-refractivity contribution in [2.24, 2.45) is 5.92 Å². The van der Waals surface area contributed by atoms with Crippen LogP contribution in [0.2, 0.25) is 0 Å². The maximum Gasteiger partial charge on any atom is 0.225 e. The van der Waals surface area contributed by atoms with Crippen molar-refractivity contribution in [1.29, 1.82) is 0 Å². The Morgan fingerprint density at radius 1 is 1.32 bits per heavy atom. The number of carbonyl (C=O) groups is 1. The second-order valence-corrected chi connectivity index (χ2v) is 9.48. The molecule has 2 aromatic carbocycles. The summed E-state index contributed by atoms with van der Waals surface area (Å²) in [5, 5.41) is 4.14. The van der Waals surface area contributed by atoms with Crippen molar-refractivity contribution in [2.45, 2.75) is 33.2 Å². The van der Waals surface area contributed by atoms with E-state index in [9.17, 15) is 4.79 Å². The molecular weight excluding hydrogens is 434 g/mol. The van der Waals surface area contributed by atoms with Crippen molar-refractivity contribution in [3.63, 3.8) is 0 Å². The van der Waals surface area contributed by atoms with Crippen molar-refractivity contribution < 1.29 is 4.79 Å². The SMILES string of the molecule is Cc1cc(C)c2nc(N3CCC[C@@H](C(=O)NCc4cccc(Br)c4)C3)sc2c1. The fourth-order valence-electron chi connectivity index (χ4n) is 3.84. The molecule has 0 radical (unpaired) electrons. The number of rotatable bonds is 4. The lowest BCUT2D eigenvalue weighted by molar-refractivity contribution is -0.125. The van der Waals surface area contributed by atoms with Gasteiger partial charge in [0.25, 0.3) is 0 Å². The first-order chi connectivity index (χ1) is 13.5. The van der Waals surface area contributed by atoms with Crippen LogP contribution in [0.15, 0.2) is 40.9 Å². The van der Waals surface area contributed by atoms with Crippen molar-refractivity contribution in [3.05, 3.63) is 57.6 Å². The molecule has 1 aliphatic heterocycles. The van der Waals surface area contributed by atoms with E-state index in [2.05, 4.69) is 52.1 Å². The van der Waals surface area contributed by atoms with E-state index in [1.165, 1.54) is 15.8 Å². The number of hydrogen-bond acceptors (Lipinski definition) is 4. The molecule has 1 aromatic heterocycles. The highest BCUT2D eigenvalue weighted by Gasteiger charge is 2.27. The summed E-state index contributed by atoms with van der Waals surface area (Å²) in [5.74, 6) is 0.147. The van der Waals surface area contributed by atoms with Gasteiger partial charge in [-0.1, -0.05) is 45.5 Å². The molecule has 28 heavy (non-hydrogen) atoms. The van der Waals surface area contributed by atoms with Gasteiger partial charge in [-0.3, -0.25) is 4.79 Å². The van der Waals surface area contributed by atoms with Crippen molar-refractivity contribution in [1.82, 2.24) is 10.3 Å². The number of hydrogen-bond donors (Lipinski definition) is 1. The van der Waals surface area contributed by atoms with Crippen LogP contribution in [0.1, 0.15) is 29.5 Å². The summed E-state index contributed by atoms with van der Waals surface area (Å²) >= 11 is 5.21. The number of aryl methyl sites for hydroxylation is 2. The highest BCUT2D eigenvalue weighted by atomic mass is 79.9. The predicted octanol–water partition coefficient (Wildman–Crippen LogP) is 5.21. The molecule has 1 saturated heterocycles. The van der Waals surface area contributed by atoms with Crippen LogP contribution in [0.3, 0.4) is 0 Å². The number of carbonyl (C=O) groups excluding carboxylic acids is 1. The van der Waals surface area contributed by atoms with Gasteiger partial charge in [0.2, 0.25) is 5.91 Å². The van der Waals surface area contributed by atoms with Gasteiger partial charge in [-0.05, 0) is 61.6 Å². The molecule has 1 atom stereocenters. The molecule has 1 fully saturated rings. The lowest BCUT2D eigenvalue weighted by Crippen LogP contribution is -2.42. The summed E-state index contributed by atoms with van der Waals surface area (Å²) in [5.41, 5.74) is 4.68. The monoisotopic (exact) mass is 457 g/mol. The Morgan fingerprint density at radius 2 is 2.18 bits per heavy atom. The summed E-state index contributed by atoms with van der Waals surface area (Å²) in [6.45, 7) is 6.51. The zero-order valence-corrected chi connectivity index (χ0v) is 18.6. The quantitative estimate of drug-likeness (QED) is 0.584. The molecule has 0 spiro atoms. The summed E-state index contributed by atoms with van der Waals surface area (Å²) < 4.78 is 2.26. The van der Waals surface area contributed by atoms with Gasteiger partial charge in [-0.2, -0.15) is 0 Å². The first-order valence-corrected chi connectivity index (χ1v) is 11.3. The minimum Gasteiger partial charge on any atom is -0.352 e. The standard InChI is InChI=1S/C22H24BrN3OS/c1-14-9-15(2)20-19(10-14)28-22(25-20)26-8-4-6-17(13-26)21(27)24-12-16-5-3-7-18(23)11-16/h3,5,7,9-11,17H,4,6,8,12-13H2,1-2H3,(H,24,27)/t17-/m1/s1. The van der Waals surface area contributed by atoms with Crippen LogP contribution >= 0.6 is 27.3 Å². The molecule has 1 N–H and O–H groups in total. The van der Waals surface area contributed by atoms with Crippen LogP contribution < -0.4 is 10.2 Å². The third-order valence-corrected chi connectivity index (χ3v) is 6.79. The van der Waals surface area contributed by atoms with Gasteiger partial charge in [0, 0.05) is 24.1 Å². The normalized spacial score (nSPS) is 17.1. The first kappa shape index (κ1) is 19.4. The Labute approximate surface area is 178 Å². The second kappa shape index (κ2) is 8.21. The molecular formula is C22H24BrN3OS. The number of nitrogens with one attached hydrogen (secondary N) is 1. The van der Waals surface area contributed by atoms with Crippen molar-refractivity contribution in [2.75, 3.05) is 18.0 Å². The summed E-state index contributed by atoms with van der Waals surface area (Å²) in [7, 11) is 0. The van der Waals surface area contributed by atoms with Gasteiger partial charge in [0.05, 0.1) is 16.1 Å². The minimum atomic E-state index is 0.00995. The maximum absolute atomic E-state index is 12.7. The molecule has 2 heterocycles. The minimum absolute atomic E-state index is 0.00995. The Kier molecular flexibility index (Phi) is 5.69. The average molecular weight is 458 g/mol. The third-order valence-electron chi connectivity index (χ3n) is 5.24. The van der Waals surface area contributed by atoms with Crippen LogP contribution in [0.4, 0.5) is 5.13 Å². The fraction of sp³-hybridized carbons (Fsp3) is 0.364. The smallest absolute Gasteiger partial charge is 0.225 e. The van der Waals surface area contributed by atoms with E-state index >= 15 is 0 Å². The number of nitrogens with zero attached hydrogens (tertiary/aromatic N) is 2. The molecule has 146 valence electrons. The molecule has 0 bridgehead atoms. The molecule has 6 heteroatoms. The van der Waals surface area contributed by atoms with E-state index < -0.39 is 0 Å². The average Bonchev–Trinajstić information content (AvgIpc) is 3.11. The first-order valence-electron chi connectivity index (χ1n) is 9.64. The third kappa shape index (κ3) is 4.23. The number of halogens is 1. The molecule has 0 unspecified atom stereocenters. The Bertz CT molecular complexity index is 1020. The highest BCUT2D eigenvalue weighted by molar-refractivity contribution is 9.10. The second-order valence-electron chi connectivity index (χ2n) is 7.56. The Hall–Kier alpha value is -1.92. The van der Waals surface area contributed by atoms with Crippen LogP contribution in [0, 0.1) is 19.8 Å². The van der Waals surface area contributed by atoms with E-state index in [1.54, 1.807) is 11.3 Å². The molecule has 0 saturated carbocycles. The van der Waals surface area contributed by atoms with Crippen LogP contribution in [-0.2, 0) is 11.3 Å².